The largest absolute Gasteiger partial charge is 0.394 e. The van der Waals surface area contributed by atoms with E-state index in [-0.39, 0.29) is 5.69 Å². The fourth-order valence-electron chi connectivity index (χ4n) is 2.81. The Balaban J connectivity index is 2.10. The van der Waals surface area contributed by atoms with Crippen LogP contribution in [0.5, 0.6) is 0 Å². The second-order valence-corrected chi connectivity index (χ2v) is 5.30. The van der Waals surface area contributed by atoms with E-state index in [2.05, 4.69) is 9.93 Å². The standard InChI is InChI=1S/C14H16FNO6/c15-22-13-12(19)14(20,11(18)9(6-17)21-13)10-5-7-3-1-2-4-8(7)16-10/h1-5,9,11-13,16-20H,6H2/t9-,11+,12+,13+,14+/m1/s1. The van der Waals surface area contributed by atoms with Crippen molar-refractivity contribution in [2.45, 2.75) is 30.2 Å². The zero-order chi connectivity index (χ0) is 15.9. The van der Waals surface area contributed by atoms with Crippen LogP contribution in [-0.2, 0) is 15.3 Å². The Kier molecular flexibility index (Phi) is 3.89. The molecule has 2 aromatic rings. The molecule has 5 N–H and O–H groups in total. The fourth-order valence-corrected chi connectivity index (χ4v) is 2.81. The molecule has 0 spiro atoms. The van der Waals surface area contributed by atoms with Crippen molar-refractivity contribution in [3.63, 3.8) is 0 Å². The number of ether oxygens (including phenoxy) is 1. The third-order valence-corrected chi connectivity index (χ3v) is 4.05. The van der Waals surface area contributed by atoms with Crippen molar-refractivity contribution in [3.05, 3.63) is 36.0 Å². The molecular weight excluding hydrogens is 297 g/mol. The highest BCUT2D eigenvalue weighted by molar-refractivity contribution is 5.80. The lowest BCUT2D eigenvalue weighted by atomic mass is 9.81. The maximum atomic E-state index is 12.6. The zero-order valence-electron chi connectivity index (χ0n) is 11.4. The number of para-hydroxylation sites is 1. The quantitative estimate of drug-likeness (QED) is 0.531. The summed E-state index contributed by atoms with van der Waals surface area (Å²) in [6, 6.07) is 8.59. The van der Waals surface area contributed by atoms with Crippen molar-refractivity contribution in [2.75, 3.05) is 6.61 Å². The number of aromatic amines is 1. The Morgan fingerprint density at radius 2 is 2.00 bits per heavy atom. The van der Waals surface area contributed by atoms with E-state index in [0.29, 0.717) is 5.52 Å². The molecule has 8 heteroatoms. The predicted molar refractivity (Wildman–Crippen MR) is 72.1 cm³/mol. The Labute approximate surface area is 124 Å². The molecule has 0 saturated carbocycles. The van der Waals surface area contributed by atoms with Gasteiger partial charge in [0.1, 0.15) is 18.3 Å². The summed E-state index contributed by atoms with van der Waals surface area (Å²) in [7, 11) is 0. The summed E-state index contributed by atoms with van der Waals surface area (Å²) in [5.41, 5.74) is -1.56. The second kappa shape index (κ2) is 5.58. The number of hydrogen-bond acceptors (Lipinski definition) is 6. The monoisotopic (exact) mass is 313 g/mol. The van der Waals surface area contributed by atoms with Gasteiger partial charge in [0.15, 0.2) is 5.60 Å². The van der Waals surface area contributed by atoms with Gasteiger partial charge in [-0.1, -0.05) is 18.2 Å². The molecule has 0 bridgehead atoms. The average Bonchev–Trinajstić information content (AvgIpc) is 2.97. The highest BCUT2D eigenvalue weighted by Crippen LogP contribution is 2.39. The van der Waals surface area contributed by atoms with Gasteiger partial charge in [-0.15, -0.1) is 0 Å². The van der Waals surface area contributed by atoms with Gasteiger partial charge in [0.2, 0.25) is 6.29 Å². The van der Waals surface area contributed by atoms with Gasteiger partial charge in [-0.05, 0) is 22.0 Å². The molecular formula is C14H16FNO6. The summed E-state index contributed by atoms with van der Waals surface area (Å²) in [6.07, 6.45) is -6.74. The molecule has 0 radical (unpaired) electrons. The Bertz CT molecular complexity index is 613. The van der Waals surface area contributed by atoms with E-state index >= 15 is 0 Å². The van der Waals surface area contributed by atoms with Crippen LogP contribution >= 0.6 is 0 Å². The molecule has 1 fully saturated rings. The van der Waals surface area contributed by atoms with Crippen molar-refractivity contribution in [1.29, 1.82) is 0 Å². The third-order valence-electron chi connectivity index (χ3n) is 4.05. The molecule has 7 nitrogen and oxygen atoms in total. The van der Waals surface area contributed by atoms with Crippen molar-refractivity contribution in [3.8, 4) is 0 Å². The maximum absolute atomic E-state index is 12.6. The second-order valence-electron chi connectivity index (χ2n) is 5.30. The summed E-state index contributed by atoms with van der Waals surface area (Å²) in [6.45, 7) is -0.684. The number of aromatic nitrogens is 1. The number of benzene rings is 1. The molecule has 2 heterocycles. The minimum atomic E-state index is -2.29. The SMILES string of the molecule is OC[C@H]1O[C@@H](OF)[C@H](O)[C@](O)(c2cc3ccccc3[nH]2)[C@H]1O. The van der Waals surface area contributed by atoms with Crippen LogP contribution in [-0.4, -0.2) is 56.6 Å². The Morgan fingerprint density at radius 1 is 1.27 bits per heavy atom. The molecule has 3 rings (SSSR count). The first-order valence-corrected chi connectivity index (χ1v) is 6.72. The van der Waals surface area contributed by atoms with Gasteiger partial charge in [0, 0.05) is 5.52 Å². The highest BCUT2D eigenvalue weighted by atomic mass is 19.3. The summed E-state index contributed by atoms with van der Waals surface area (Å²) >= 11 is 0. The van der Waals surface area contributed by atoms with E-state index < -0.39 is 36.8 Å². The first kappa shape index (κ1) is 15.3. The van der Waals surface area contributed by atoms with Crippen LogP contribution in [0, 0.1) is 0 Å². The molecule has 0 aliphatic carbocycles. The normalized spacial score (nSPS) is 35.9. The van der Waals surface area contributed by atoms with E-state index in [9.17, 15) is 25.0 Å². The van der Waals surface area contributed by atoms with Crippen LogP contribution in [0.3, 0.4) is 0 Å². The summed E-state index contributed by atoms with van der Waals surface area (Å²) in [5.74, 6) is 0. The number of halogens is 1. The van der Waals surface area contributed by atoms with Crippen molar-refractivity contribution >= 4 is 10.9 Å². The van der Waals surface area contributed by atoms with Gasteiger partial charge < -0.3 is 30.1 Å². The molecule has 1 aliphatic rings. The Hall–Kier alpha value is -1.55. The van der Waals surface area contributed by atoms with E-state index in [1.54, 1.807) is 24.3 Å². The van der Waals surface area contributed by atoms with E-state index in [0.717, 1.165) is 5.39 Å². The average molecular weight is 313 g/mol. The minimum Gasteiger partial charge on any atom is -0.394 e. The predicted octanol–water partition coefficient (Wildman–Crippen LogP) is -0.304. The van der Waals surface area contributed by atoms with Crippen LogP contribution in [0.25, 0.3) is 10.9 Å². The van der Waals surface area contributed by atoms with E-state index in [1.807, 2.05) is 0 Å². The molecule has 1 saturated heterocycles. The molecule has 1 aromatic carbocycles. The Morgan fingerprint density at radius 3 is 2.64 bits per heavy atom. The fraction of sp³-hybridized carbons (Fsp3) is 0.429. The van der Waals surface area contributed by atoms with Crippen LogP contribution in [0.2, 0.25) is 0 Å². The lowest BCUT2D eigenvalue weighted by Crippen LogP contribution is -2.65. The first-order chi connectivity index (χ1) is 10.5. The number of aliphatic hydroxyl groups excluding tert-OH is 3. The molecule has 0 amide bonds. The van der Waals surface area contributed by atoms with Crippen LogP contribution < -0.4 is 0 Å². The molecule has 1 aromatic heterocycles. The van der Waals surface area contributed by atoms with Crippen LogP contribution in [0.15, 0.2) is 30.3 Å². The smallest absolute Gasteiger partial charge is 0.226 e. The summed E-state index contributed by atoms with van der Waals surface area (Å²) in [4.78, 5) is 6.38. The van der Waals surface area contributed by atoms with E-state index in [1.165, 1.54) is 6.07 Å². The molecule has 22 heavy (non-hydrogen) atoms. The van der Waals surface area contributed by atoms with Gasteiger partial charge in [0.05, 0.1) is 12.3 Å². The number of aliphatic hydroxyl groups is 4. The van der Waals surface area contributed by atoms with Crippen LogP contribution in [0.4, 0.5) is 4.53 Å². The van der Waals surface area contributed by atoms with Crippen molar-refractivity contribution < 1.29 is 34.6 Å². The minimum absolute atomic E-state index is 0.0671. The third kappa shape index (κ3) is 2.12. The van der Waals surface area contributed by atoms with E-state index in [4.69, 9.17) is 4.74 Å². The van der Waals surface area contributed by atoms with Gasteiger partial charge in [0.25, 0.3) is 0 Å². The maximum Gasteiger partial charge on any atom is 0.226 e. The van der Waals surface area contributed by atoms with Gasteiger partial charge in [-0.25, -0.2) is 0 Å². The van der Waals surface area contributed by atoms with Crippen molar-refractivity contribution in [2.24, 2.45) is 0 Å². The molecule has 5 atom stereocenters. The molecule has 1 aliphatic heterocycles. The lowest BCUT2D eigenvalue weighted by Gasteiger charge is -2.45. The number of rotatable bonds is 3. The lowest BCUT2D eigenvalue weighted by molar-refractivity contribution is -0.385. The van der Waals surface area contributed by atoms with Crippen molar-refractivity contribution in [1.82, 2.24) is 4.98 Å². The van der Waals surface area contributed by atoms with Gasteiger partial charge in [-0.2, -0.15) is 4.94 Å². The van der Waals surface area contributed by atoms with Gasteiger partial charge >= 0.3 is 0 Å². The summed E-state index contributed by atoms with van der Waals surface area (Å²) < 4.78 is 17.4. The zero-order valence-corrected chi connectivity index (χ0v) is 11.4. The molecule has 120 valence electrons. The first-order valence-electron chi connectivity index (χ1n) is 6.72. The number of nitrogens with one attached hydrogen (secondary N) is 1. The van der Waals surface area contributed by atoms with Crippen LogP contribution in [0.1, 0.15) is 5.69 Å². The number of hydrogen-bond donors (Lipinski definition) is 5. The number of H-pyrrole nitrogens is 1. The summed E-state index contributed by atoms with van der Waals surface area (Å²) in [5, 5.41) is 41.2. The van der Waals surface area contributed by atoms with Gasteiger partial charge in [-0.3, -0.25) is 0 Å². The number of fused-ring (bicyclic) bond motifs is 1. The highest BCUT2D eigenvalue weighted by Gasteiger charge is 2.57. The molecule has 0 unspecified atom stereocenters. The topological polar surface area (TPSA) is 115 Å².